The molecule has 0 saturated carbocycles. The molecule has 2 aromatic rings. The Hall–Kier alpha value is -2.12. The molecule has 26 heavy (non-hydrogen) atoms. The number of allylic oxidation sites excluding steroid dienone is 1. The Morgan fingerprint density at radius 3 is 1.88 bits per heavy atom. The van der Waals surface area contributed by atoms with Gasteiger partial charge in [-0.05, 0) is 27.9 Å². The van der Waals surface area contributed by atoms with Crippen LogP contribution in [0.25, 0.3) is 0 Å². The number of rotatable bonds is 8. The van der Waals surface area contributed by atoms with Gasteiger partial charge in [-0.15, -0.1) is 12.3 Å². The lowest BCUT2D eigenvalue weighted by atomic mass is 10.1. The van der Waals surface area contributed by atoms with Crippen molar-refractivity contribution in [3.63, 3.8) is 0 Å². The Morgan fingerprint density at radius 2 is 1.50 bits per heavy atom. The van der Waals surface area contributed by atoms with Crippen LogP contribution in [0.2, 0.25) is 5.04 Å². The van der Waals surface area contributed by atoms with E-state index in [1.165, 1.54) is 10.4 Å². The molecule has 0 aliphatic rings. The van der Waals surface area contributed by atoms with Crippen molar-refractivity contribution in [2.24, 2.45) is 5.92 Å². The molecule has 0 aliphatic carbocycles. The van der Waals surface area contributed by atoms with Crippen LogP contribution in [-0.2, 0) is 4.43 Å². The smallest absolute Gasteiger partial charge is 0.261 e. The van der Waals surface area contributed by atoms with Gasteiger partial charge in [-0.25, -0.2) is 0 Å². The van der Waals surface area contributed by atoms with Gasteiger partial charge in [-0.3, -0.25) is 0 Å². The van der Waals surface area contributed by atoms with Gasteiger partial charge in [-0.1, -0.05) is 94.1 Å². The average Bonchev–Trinajstić information content (AvgIpc) is 2.65. The van der Waals surface area contributed by atoms with E-state index in [0.717, 1.165) is 6.42 Å². The van der Waals surface area contributed by atoms with E-state index in [1.54, 1.807) is 0 Å². The molecule has 0 N–H and O–H groups in total. The first kappa shape index (κ1) is 20.2. The van der Waals surface area contributed by atoms with Gasteiger partial charge in [0.05, 0.1) is 0 Å². The number of hydrogen-bond acceptors (Lipinski definition) is 1. The van der Waals surface area contributed by atoms with Crippen molar-refractivity contribution >= 4 is 18.7 Å². The fraction of sp³-hybridized carbons (Fsp3) is 0.292. The van der Waals surface area contributed by atoms with Crippen LogP contribution < -0.4 is 10.4 Å². The second-order valence-electron chi connectivity index (χ2n) is 7.61. The molecule has 0 aromatic heterocycles. The maximum absolute atomic E-state index is 6.92. The molecule has 0 saturated heterocycles. The third-order valence-corrected chi connectivity index (χ3v) is 9.83. The first-order valence-electron chi connectivity index (χ1n) is 9.17. The molecule has 0 fully saturated rings. The molecule has 0 radical (unpaired) electrons. The van der Waals surface area contributed by atoms with E-state index in [2.05, 4.69) is 100 Å². The highest BCUT2D eigenvalue weighted by molar-refractivity contribution is 6.99. The Morgan fingerprint density at radius 1 is 1.00 bits per heavy atom. The predicted octanol–water partition coefficient (Wildman–Crippen LogP) is 5.10. The van der Waals surface area contributed by atoms with Gasteiger partial charge in [0.2, 0.25) is 0 Å². The highest BCUT2D eigenvalue weighted by Crippen LogP contribution is 2.37. The Labute approximate surface area is 159 Å². The largest absolute Gasteiger partial charge is 0.407 e. The van der Waals surface area contributed by atoms with E-state index in [-0.39, 0.29) is 11.0 Å². The fourth-order valence-electron chi connectivity index (χ4n) is 3.46. The molecule has 0 aliphatic heterocycles. The van der Waals surface area contributed by atoms with Crippen molar-refractivity contribution in [2.45, 2.75) is 32.2 Å². The number of benzene rings is 2. The molecule has 0 amide bonds. The van der Waals surface area contributed by atoms with Crippen LogP contribution in [-0.4, -0.2) is 14.9 Å². The average molecular weight is 363 g/mol. The predicted molar refractivity (Wildman–Crippen MR) is 116 cm³/mol. The summed E-state index contributed by atoms with van der Waals surface area (Å²) in [5.41, 5.74) is 2.86. The summed E-state index contributed by atoms with van der Waals surface area (Å²) in [5, 5.41) is 2.61. The van der Waals surface area contributed by atoms with E-state index in [4.69, 9.17) is 4.43 Å². The lowest BCUT2D eigenvalue weighted by Crippen LogP contribution is -2.66. The first-order chi connectivity index (χ1) is 12.5. The van der Waals surface area contributed by atoms with Crippen LogP contribution in [0.3, 0.4) is 0 Å². The van der Waals surface area contributed by atoms with Crippen molar-refractivity contribution in [3.8, 4) is 0 Å². The highest BCUT2D eigenvalue weighted by atomic mass is 28.4. The zero-order valence-electron chi connectivity index (χ0n) is 16.2. The summed E-state index contributed by atoms with van der Waals surface area (Å²) >= 11 is 0. The minimum absolute atomic E-state index is 0.00426. The van der Waals surface area contributed by atoms with Gasteiger partial charge in [0.25, 0.3) is 8.32 Å². The maximum Gasteiger partial charge on any atom is 0.261 e. The third-order valence-electron chi connectivity index (χ3n) is 4.83. The van der Waals surface area contributed by atoms with E-state index < -0.39 is 8.32 Å². The fourth-order valence-corrected chi connectivity index (χ4v) is 8.08. The lowest BCUT2D eigenvalue weighted by molar-refractivity contribution is 0.260. The summed E-state index contributed by atoms with van der Waals surface area (Å²) in [7, 11) is -2.47. The van der Waals surface area contributed by atoms with Crippen molar-refractivity contribution < 1.29 is 4.43 Å². The molecule has 136 valence electrons. The van der Waals surface area contributed by atoms with Gasteiger partial charge in [0, 0.05) is 12.5 Å². The molecular formula is C24H30OSi. The molecule has 2 rings (SSSR count). The second kappa shape index (κ2) is 9.00. The van der Waals surface area contributed by atoms with Crippen molar-refractivity contribution in [2.75, 3.05) is 6.61 Å². The molecule has 0 heterocycles. The first-order valence-corrected chi connectivity index (χ1v) is 11.1. The lowest BCUT2D eigenvalue weighted by Gasteiger charge is -2.43. The van der Waals surface area contributed by atoms with E-state index in [1.807, 2.05) is 12.2 Å². The van der Waals surface area contributed by atoms with Gasteiger partial charge in [-0.2, -0.15) is 0 Å². The van der Waals surface area contributed by atoms with Crippen molar-refractivity contribution in [3.05, 3.63) is 91.7 Å². The monoisotopic (exact) mass is 362 g/mol. The zero-order chi connectivity index (χ0) is 19.0. The topological polar surface area (TPSA) is 9.23 Å². The second-order valence-corrected chi connectivity index (χ2v) is 11.9. The Balaban J connectivity index is 2.53. The molecule has 2 aromatic carbocycles. The molecule has 0 unspecified atom stereocenters. The quantitative estimate of drug-likeness (QED) is 0.361. The molecule has 1 nitrogen and oxygen atoms in total. The third kappa shape index (κ3) is 4.34. The van der Waals surface area contributed by atoms with Crippen LogP contribution in [0.5, 0.6) is 0 Å². The van der Waals surface area contributed by atoms with E-state index in [9.17, 15) is 0 Å². The van der Waals surface area contributed by atoms with Gasteiger partial charge in [0.1, 0.15) is 0 Å². The summed E-state index contributed by atoms with van der Waals surface area (Å²) < 4.78 is 6.92. The SMILES string of the molecule is C=C=CC[C@@H](C=C)CO[Si](c1ccccc1)(c1ccccc1)C(C)(C)C. The van der Waals surface area contributed by atoms with Crippen LogP contribution in [0, 0.1) is 5.92 Å². The van der Waals surface area contributed by atoms with E-state index >= 15 is 0 Å². The maximum atomic E-state index is 6.92. The summed E-state index contributed by atoms with van der Waals surface area (Å²) in [6.07, 6.45) is 4.79. The zero-order valence-corrected chi connectivity index (χ0v) is 17.2. The molecular weight excluding hydrogens is 332 g/mol. The standard InChI is InChI=1S/C24H30OSi/c1-6-8-15-21(7-2)20-25-26(24(3,4)5,22-16-11-9-12-17-22)23-18-13-10-14-19-23/h7-14,16-19,21H,1-2,15,20H2,3-5H3/t21-/m1/s1. The minimum Gasteiger partial charge on any atom is -0.407 e. The van der Waals surface area contributed by atoms with Crippen LogP contribution in [0.15, 0.2) is 91.7 Å². The van der Waals surface area contributed by atoms with Crippen molar-refractivity contribution in [1.82, 2.24) is 0 Å². The normalized spacial score (nSPS) is 12.9. The molecule has 0 bridgehead atoms. The van der Waals surface area contributed by atoms with Crippen LogP contribution in [0.4, 0.5) is 0 Å². The molecule has 2 heteroatoms. The van der Waals surface area contributed by atoms with Crippen LogP contribution in [0.1, 0.15) is 27.2 Å². The van der Waals surface area contributed by atoms with Gasteiger partial charge < -0.3 is 4.43 Å². The summed E-state index contributed by atoms with van der Waals surface area (Å²) in [6.45, 7) is 15.2. The highest BCUT2D eigenvalue weighted by Gasteiger charge is 2.50. The number of hydrogen-bond donors (Lipinski definition) is 0. The van der Waals surface area contributed by atoms with Gasteiger partial charge >= 0.3 is 0 Å². The van der Waals surface area contributed by atoms with Gasteiger partial charge in [0.15, 0.2) is 0 Å². The molecule has 1 atom stereocenters. The summed E-state index contributed by atoms with van der Waals surface area (Å²) in [4.78, 5) is 0. The van der Waals surface area contributed by atoms with Crippen LogP contribution >= 0.6 is 0 Å². The van der Waals surface area contributed by atoms with E-state index in [0.29, 0.717) is 6.61 Å². The minimum atomic E-state index is -2.47. The van der Waals surface area contributed by atoms with Crippen molar-refractivity contribution in [1.29, 1.82) is 0 Å². The Kier molecular flexibility index (Phi) is 6.99. The Bertz CT molecular complexity index is 697. The summed E-state index contributed by atoms with van der Waals surface area (Å²) in [6, 6.07) is 21.5. The summed E-state index contributed by atoms with van der Waals surface area (Å²) in [5.74, 6) is 0.255. The molecule has 0 spiro atoms.